The molecule has 1 aromatic heterocycles. The molecule has 0 bridgehead atoms. The molecule has 0 radical (unpaired) electrons. The third-order valence-corrected chi connectivity index (χ3v) is 2.55. The van der Waals surface area contributed by atoms with E-state index in [1.807, 2.05) is 6.07 Å². The van der Waals surface area contributed by atoms with Crippen molar-refractivity contribution in [3.05, 3.63) is 29.6 Å². The van der Waals surface area contributed by atoms with Gasteiger partial charge in [0.1, 0.15) is 5.69 Å². The Balaban J connectivity index is 0.00000144. The first-order valence-corrected chi connectivity index (χ1v) is 5.24. The lowest BCUT2D eigenvalue weighted by atomic mass is 10.2. The van der Waals surface area contributed by atoms with Crippen molar-refractivity contribution in [1.82, 2.24) is 9.88 Å². The smallest absolute Gasteiger partial charge is 0.354 e. The highest BCUT2D eigenvalue weighted by Crippen LogP contribution is 2.08. The van der Waals surface area contributed by atoms with Crippen molar-refractivity contribution in [2.24, 2.45) is 0 Å². The molecule has 0 unspecified atom stereocenters. The molecule has 2 heterocycles. The Kier molecular flexibility index (Phi) is 5.34. The van der Waals surface area contributed by atoms with E-state index in [-0.39, 0.29) is 18.1 Å². The molecule has 1 aliphatic heterocycles. The minimum Gasteiger partial charge on any atom is -0.477 e. The maximum atomic E-state index is 10.7. The van der Waals surface area contributed by atoms with Crippen LogP contribution in [-0.4, -0.2) is 47.3 Å². The fraction of sp³-hybridized carbons (Fsp3) is 0.455. The van der Waals surface area contributed by atoms with Gasteiger partial charge in [-0.05, 0) is 17.7 Å². The molecule has 5 nitrogen and oxygen atoms in total. The van der Waals surface area contributed by atoms with Crippen LogP contribution in [0.4, 0.5) is 0 Å². The van der Waals surface area contributed by atoms with Crippen LogP contribution < -0.4 is 0 Å². The number of pyridine rings is 1. The monoisotopic (exact) mass is 258 g/mol. The zero-order valence-electron chi connectivity index (χ0n) is 9.33. The van der Waals surface area contributed by atoms with Gasteiger partial charge in [0.15, 0.2) is 0 Å². The molecule has 0 aliphatic carbocycles. The first-order chi connectivity index (χ1) is 7.75. The summed E-state index contributed by atoms with van der Waals surface area (Å²) in [6.07, 6.45) is 1.54. The lowest BCUT2D eigenvalue weighted by Crippen LogP contribution is -2.35. The summed E-state index contributed by atoms with van der Waals surface area (Å²) in [7, 11) is 0. The maximum Gasteiger partial charge on any atom is 0.354 e. The van der Waals surface area contributed by atoms with Crippen LogP contribution in [0, 0.1) is 0 Å². The molecule has 0 spiro atoms. The van der Waals surface area contributed by atoms with Crippen molar-refractivity contribution in [3.63, 3.8) is 0 Å². The van der Waals surface area contributed by atoms with Crippen molar-refractivity contribution in [2.45, 2.75) is 6.54 Å². The summed E-state index contributed by atoms with van der Waals surface area (Å²) in [6.45, 7) is 4.04. The number of aromatic nitrogens is 1. The summed E-state index contributed by atoms with van der Waals surface area (Å²) in [5.41, 5.74) is 1.08. The molecule has 1 aromatic rings. The average molecular weight is 259 g/mol. The van der Waals surface area contributed by atoms with Crippen LogP contribution in [0.1, 0.15) is 16.1 Å². The highest BCUT2D eigenvalue weighted by Gasteiger charge is 2.12. The van der Waals surface area contributed by atoms with Crippen LogP contribution >= 0.6 is 12.4 Å². The normalized spacial score (nSPS) is 16.2. The van der Waals surface area contributed by atoms with Crippen molar-refractivity contribution < 1.29 is 14.6 Å². The second-order valence-corrected chi connectivity index (χ2v) is 3.74. The average Bonchev–Trinajstić information content (AvgIpc) is 2.30. The topological polar surface area (TPSA) is 62.7 Å². The summed E-state index contributed by atoms with van der Waals surface area (Å²) in [5.74, 6) is -0.983. The first kappa shape index (κ1) is 13.9. The van der Waals surface area contributed by atoms with Gasteiger partial charge in [-0.25, -0.2) is 9.78 Å². The van der Waals surface area contributed by atoms with E-state index in [0.29, 0.717) is 0 Å². The van der Waals surface area contributed by atoms with Gasteiger partial charge in [0.2, 0.25) is 0 Å². The lowest BCUT2D eigenvalue weighted by molar-refractivity contribution is 0.0341. The lowest BCUT2D eigenvalue weighted by Gasteiger charge is -2.26. The molecule has 1 saturated heterocycles. The summed E-state index contributed by atoms with van der Waals surface area (Å²) < 4.78 is 5.25. The van der Waals surface area contributed by atoms with E-state index in [4.69, 9.17) is 9.84 Å². The Labute approximate surface area is 106 Å². The fourth-order valence-electron chi connectivity index (χ4n) is 1.71. The molecule has 1 fully saturated rings. The van der Waals surface area contributed by atoms with Gasteiger partial charge >= 0.3 is 5.97 Å². The van der Waals surface area contributed by atoms with Gasteiger partial charge in [-0.3, -0.25) is 4.90 Å². The van der Waals surface area contributed by atoms with E-state index in [9.17, 15) is 4.79 Å². The standard InChI is InChI=1S/C11H14N2O3.ClH/c14-11(15)10-7-9(1-2-12-10)8-13-3-5-16-6-4-13;/h1-2,7H,3-6,8H2,(H,14,15);1H. The van der Waals surface area contributed by atoms with Crippen LogP contribution in [0.15, 0.2) is 18.3 Å². The van der Waals surface area contributed by atoms with Crippen molar-refractivity contribution in [2.75, 3.05) is 26.3 Å². The van der Waals surface area contributed by atoms with Gasteiger partial charge in [0, 0.05) is 25.8 Å². The number of morpholine rings is 1. The van der Waals surface area contributed by atoms with E-state index in [2.05, 4.69) is 9.88 Å². The SMILES string of the molecule is Cl.O=C(O)c1cc(CN2CCOCC2)ccn1. The summed E-state index contributed by atoms with van der Waals surface area (Å²) in [6, 6.07) is 3.47. The number of carboxylic acid groups (broad SMARTS) is 1. The minimum atomic E-state index is -0.983. The van der Waals surface area contributed by atoms with E-state index < -0.39 is 5.97 Å². The molecule has 0 aromatic carbocycles. The van der Waals surface area contributed by atoms with Crippen molar-refractivity contribution in [1.29, 1.82) is 0 Å². The van der Waals surface area contributed by atoms with Gasteiger partial charge in [0.25, 0.3) is 0 Å². The molecule has 0 amide bonds. The Morgan fingerprint density at radius 2 is 2.18 bits per heavy atom. The molecule has 1 aliphatic rings. The highest BCUT2D eigenvalue weighted by molar-refractivity contribution is 5.85. The van der Waals surface area contributed by atoms with E-state index in [0.717, 1.165) is 38.4 Å². The predicted octanol–water partition coefficient (Wildman–Crippen LogP) is 1.03. The second-order valence-electron chi connectivity index (χ2n) is 3.74. The molecule has 94 valence electrons. The number of halogens is 1. The van der Waals surface area contributed by atoms with E-state index in [1.54, 1.807) is 12.3 Å². The van der Waals surface area contributed by atoms with Gasteiger partial charge < -0.3 is 9.84 Å². The quantitative estimate of drug-likeness (QED) is 0.878. The molecular formula is C11H15ClN2O3. The van der Waals surface area contributed by atoms with Crippen molar-refractivity contribution >= 4 is 18.4 Å². The van der Waals surface area contributed by atoms with Gasteiger partial charge in [-0.2, -0.15) is 0 Å². The maximum absolute atomic E-state index is 10.7. The van der Waals surface area contributed by atoms with Crippen molar-refractivity contribution in [3.8, 4) is 0 Å². The molecule has 2 rings (SSSR count). The molecular weight excluding hydrogens is 244 g/mol. The first-order valence-electron chi connectivity index (χ1n) is 5.24. The zero-order chi connectivity index (χ0) is 11.4. The molecule has 1 N–H and O–H groups in total. The predicted molar refractivity (Wildman–Crippen MR) is 64.5 cm³/mol. The van der Waals surface area contributed by atoms with Gasteiger partial charge in [0.05, 0.1) is 13.2 Å². The molecule has 0 saturated carbocycles. The van der Waals surface area contributed by atoms with Gasteiger partial charge in [-0.1, -0.05) is 0 Å². The Bertz CT molecular complexity index is 381. The summed E-state index contributed by atoms with van der Waals surface area (Å²) >= 11 is 0. The number of hydrogen-bond donors (Lipinski definition) is 1. The Hall–Kier alpha value is -1.17. The van der Waals surface area contributed by atoms with Crippen LogP contribution in [0.25, 0.3) is 0 Å². The molecule has 17 heavy (non-hydrogen) atoms. The summed E-state index contributed by atoms with van der Waals surface area (Å²) in [4.78, 5) is 16.8. The third kappa shape index (κ3) is 3.96. The second kappa shape index (κ2) is 6.54. The number of ether oxygens (including phenoxy) is 1. The van der Waals surface area contributed by atoms with Crippen LogP contribution in [-0.2, 0) is 11.3 Å². The largest absolute Gasteiger partial charge is 0.477 e. The van der Waals surface area contributed by atoms with Crippen LogP contribution in [0.3, 0.4) is 0 Å². The number of hydrogen-bond acceptors (Lipinski definition) is 4. The number of rotatable bonds is 3. The Morgan fingerprint density at radius 3 is 2.82 bits per heavy atom. The Morgan fingerprint density at radius 1 is 1.47 bits per heavy atom. The zero-order valence-corrected chi connectivity index (χ0v) is 10.2. The summed E-state index contributed by atoms with van der Waals surface area (Å²) in [5, 5.41) is 8.82. The highest BCUT2D eigenvalue weighted by atomic mass is 35.5. The third-order valence-electron chi connectivity index (χ3n) is 2.55. The minimum absolute atomic E-state index is 0. The van der Waals surface area contributed by atoms with E-state index in [1.165, 1.54) is 0 Å². The number of aromatic carboxylic acids is 1. The molecule has 0 atom stereocenters. The number of carbonyl (C=O) groups is 1. The fourth-order valence-corrected chi connectivity index (χ4v) is 1.71. The van der Waals surface area contributed by atoms with Gasteiger partial charge in [-0.15, -0.1) is 12.4 Å². The molecule has 6 heteroatoms. The number of nitrogens with zero attached hydrogens (tertiary/aromatic N) is 2. The van der Waals surface area contributed by atoms with Crippen LogP contribution in [0.5, 0.6) is 0 Å². The number of carboxylic acids is 1. The van der Waals surface area contributed by atoms with E-state index >= 15 is 0 Å². The van der Waals surface area contributed by atoms with Crippen LogP contribution in [0.2, 0.25) is 0 Å².